The number of aliphatic hydroxyl groups is 7. The van der Waals surface area contributed by atoms with Gasteiger partial charge in [-0.3, -0.25) is 4.79 Å². The fourth-order valence-corrected chi connectivity index (χ4v) is 7.98. The van der Waals surface area contributed by atoms with Crippen LogP contribution < -0.4 is 5.32 Å². The standard InChI is InChI=1S/C53H97NO10/c1-3-5-7-9-11-13-15-17-19-20-21-22-23-24-25-27-29-31-33-35-37-39-41-46(57)52(62)54-44(43-63-53-51(61)50(60)49(59)47(42-55)64-53)48(58)45(56)40-38-36-34-32-30-28-26-18-16-14-12-10-8-6-4-2/h10,12,18,24-26,32,34,44-51,53,55-61H,3-9,11,13-17,19-23,27-31,33,35-43H2,1-2H3,(H,54,62)/b12-10+,25-24-,26-18+,34-32+. The molecule has 1 aliphatic heterocycles. The molecule has 1 heterocycles. The molecule has 8 N–H and O–H groups in total. The van der Waals surface area contributed by atoms with Gasteiger partial charge in [0.15, 0.2) is 6.29 Å². The first-order valence-electron chi connectivity index (χ1n) is 26.0. The van der Waals surface area contributed by atoms with Crippen molar-refractivity contribution in [2.75, 3.05) is 13.2 Å². The van der Waals surface area contributed by atoms with E-state index < -0.39 is 74.2 Å². The molecular weight excluding hydrogens is 811 g/mol. The molecule has 1 saturated heterocycles. The molecule has 0 spiro atoms. The number of aliphatic hydroxyl groups excluding tert-OH is 7. The minimum atomic E-state index is -1.67. The van der Waals surface area contributed by atoms with Crippen LogP contribution in [0.5, 0.6) is 0 Å². The van der Waals surface area contributed by atoms with Crippen molar-refractivity contribution in [2.24, 2.45) is 0 Å². The summed E-state index contributed by atoms with van der Waals surface area (Å²) in [4.78, 5) is 13.1. The highest BCUT2D eigenvalue weighted by Crippen LogP contribution is 2.23. The van der Waals surface area contributed by atoms with Crippen molar-refractivity contribution in [3.05, 3.63) is 48.6 Å². The van der Waals surface area contributed by atoms with Crippen LogP contribution in [0.2, 0.25) is 0 Å². The molecule has 1 aliphatic rings. The highest BCUT2D eigenvalue weighted by molar-refractivity contribution is 5.80. The van der Waals surface area contributed by atoms with Crippen LogP contribution in [0.25, 0.3) is 0 Å². The number of carbonyl (C=O) groups is 1. The topological polar surface area (TPSA) is 189 Å². The average molecular weight is 908 g/mol. The first-order chi connectivity index (χ1) is 31.2. The van der Waals surface area contributed by atoms with Crippen LogP contribution in [-0.4, -0.2) is 110 Å². The molecule has 1 fully saturated rings. The third-order valence-electron chi connectivity index (χ3n) is 12.3. The maximum absolute atomic E-state index is 13.1. The lowest BCUT2D eigenvalue weighted by Crippen LogP contribution is -2.60. The van der Waals surface area contributed by atoms with Crippen molar-refractivity contribution in [1.29, 1.82) is 0 Å². The van der Waals surface area contributed by atoms with Crippen molar-refractivity contribution in [2.45, 2.75) is 268 Å². The van der Waals surface area contributed by atoms with Gasteiger partial charge < -0.3 is 50.5 Å². The molecule has 0 radical (unpaired) electrons. The SMILES string of the molecule is CCCC/C=C/CC/C=C/CC/C=C/CCCC(O)C(O)C(COC1OC(CO)C(O)C(O)C1O)NC(=O)C(O)CCCCCCCC/C=C\CCCCCCCCCCCCCC. The van der Waals surface area contributed by atoms with Gasteiger partial charge in [-0.2, -0.15) is 0 Å². The number of unbranched alkanes of at least 4 members (excludes halogenated alkanes) is 23. The highest BCUT2D eigenvalue weighted by Gasteiger charge is 2.44. The van der Waals surface area contributed by atoms with Crippen LogP contribution in [-0.2, 0) is 14.3 Å². The molecule has 11 nitrogen and oxygen atoms in total. The molecule has 0 aromatic heterocycles. The summed E-state index contributed by atoms with van der Waals surface area (Å²) in [5.41, 5.74) is 0. The molecule has 64 heavy (non-hydrogen) atoms. The molecule has 0 aromatic carbocycles. The number of ether oxygens (including phenoxy) is 2. The first-order valence-corrected chi connectivity index (χ1v) is 26.0. The minimum Gasteiger partial charge on any atom is -0.394 e. The Hall–Kier alpha value is -1.93. The van der Waals surface area contributed by atoms with Gasteiger partial charge in [-0.1, -0.05) is 178 Å². The number of rotatable bonds is 43. The summed E-state index contributed by atoms with van der Waals surface area (Å²) >= 11 is 0. The van der Waals surface area contributed by atoms with Gasteiger partial charge in [-0.25, -0.2) is 0 Å². The Balaban J connectivity index is 2.40. The molecule has 0 saturated carbocycles. The summed E-state index contributed by atoms with van der Waals surface area (Å²) in [6.07, 6.45) is 40.2. The summed E-state index contributed by atoms with van der Waals surface area (Å²) < 4.78 is 11.1. The highest BCUT2D eigenvalue weighted by atomic mass is 16.7. The van der Waals surface area contributed by atoms with Crippen molar-refractivity contribution in [1.82, 2.24) is 5.32 Å². The van der Waals surface area contributed by atoms with E-state index in [4.69, 9.17) is 9.47 Å². The molecular formula is C53H97NO10. The summed E-state index contributed by atoms with van der Waals surface area (Å²) in [6, 6.07) is -1.20. The fourth-order valence-electron chi connectivity index (χ4n) is 7.98. The zero-order valence-electron chi connectivity index (χ0n) is 40.5. The average Bonchev–Trinajstić information content (AvgIpc) is 3.29. The second-order valence-corrected chi connectivity index (χ2v) is 18.2. The van der Waals surface area contributed by atoms with E-state index in [1.807, 2.05) is 0 Å². The van der Waals surface area contributed by atoms with Gasteiger partial charge in [0.05, 0.1) is 25.4 Å². The number of hydrogen-bond acceptors (Lipinski definition) is 10. The Morgan fingerprint density at radius 3 is 1.44 bits per heavy atom. The number of nitrogens with one attached hydrogen (secondary N) is 1. The Morgan fingerprint density at radius 2 is 0.953 bits per heavy atom. The molecule has 1 amide bonds. The largest absolute Gasteiger partial charge is 0.394 e. The number of carbonyl (C=O) groups excluding carboxylic acids is 1. The summed E-state index contributed by atoms with van der Waals surface area (Å²) in [5, 5.41) is 75.8. The maximum Gasteiger partial charge on any atom is 0.249 e. The lowest BCUT2D eigenvalue weighted by Gasteiger charge is -2.40. The second kappa shape index (κ2) is 42.4. The van der Waals surface area contributed by atoms with E-state index in [2.05, 4.69) is 67.8 Å². The van der Waals surface area contributed by atoms with E-state index in [0.29, 0.717) is 19.3 Å². The van der Waals surface area contributed by atoms with Gasteiger partial charge in [0.2, 0.25) is 5.91 Å². The molecule has 0 aliphatic carbocycles. The Kier molecular flexibility index (Phi) is 39.8. The number of hydrogen-bond donors (Lipinski definition) is 8. The molecule has 9 atom stereocenters. The van der Waals surface area contributed by atoms with Gasteiger partial charge >= 0.3 is 0 Å². The fraction of sp³-hybridized carbons (Fsp3) is 0.830. The normalized spacial score (nSPS) is 21.4. The van der Waals surface area contributed by atoms with Gasteiger partial charge in [0.1, 0.15) is 36.6 Å². The van der Waals surface area contributed by atoms with Gasteiger partial charge in [0, 0.05) is 0 Å². The zero-order valence-corrected chi connectivity index (χ0v) is 40.5. The van der Waals surface area contributed by atoms with Gasteiger partial charge in [-0.15, -0.1) is 0 Å². The van der Waals surface area contributed by atoms with Crippen LogP contribution >= 0.6 is 0 Å². The van der Waals surface area contributed by atoms with Crippen LogP contribution in [0.4, 0.5) is 0 Å². The first kappa shape index (κ1) is 60.1. The number of allylic oxidation sites excluding steroid dienone is 8. The Bertz CT molecular complexity index is 1180. The van der Waals surface area contributed by atoms with Crippen LogP contribution in [0, 0.1) is 0 Å². The van der Waals surface area contributed by atoms with Crippen LogP contribution in [0.3, 0.4) is 0 Å². The predicted molar refractivity (Wildman–Crippen MR) is 261 cm³/mol. The van der Waals surface area contributed by atoms with Crippen LogP contribution in [0.1, 0.15) is 213 Å². The smallest absolute Gasteiger partial charge is 0.249 e. The monoisotopic (exact) mass is 908 g/mol. The number of amides is 1. The molecule has 11 heteroatoms. The van der Waals surface area contributed by atoms with E-state index in [9.17, 15) is 40.5 Å². The third kappa shape index (κ3) is 31.1. The van der Waals surface area contributed by atoms with Crippen molar-refractivity contribution in [3.63, 3.8) is 0 Å². The van der Waals surface area contributed by atoms with E-state index in [-0.39, 0.29) is 12.8 Å². The van der Waals surface area contributed by atoms with E-state index >= 15 is 0 Å². The molecule has 0 bridgehead atoms. The second-order valence-electron chi connectivity index (χ2n) is 18.2. The van der Waals surface area contributed by atoms with Crippen molar-refractivity contribution in [3.8, 4) is 0 Å². The molecule has 1 rings (SSSR count). The van der Waals surface area contributed by atoms with E-state index in [1.54, 1.807) is 0 Å². The minimum absolute atomic E-state index is 0.238. The Morgan fingerprint density at radius 1 is 0.531 bits per heavy atom. The van der Waals surface area contributed by atoms with Crippen LogP contribution in [0.15, 0.2) is 48.6 Å². The predicted octanol–water partition coefficient (Wildman–Crippen LogP) is 9.73. The van der Waals surface area contributed by atoms with E-state index in [1.165, 1.54) is 96.3 Å². The lowest BCUT2D eigenvalue weighted by molar-refractivity contribution is -0.303. The zero-order chi connectivity index (χ0) is 46.9. The van der Waals surface area contributed by atoms with Crippen molar-refractivity contribution >= 4 is 5.91 Å². The quantitative estimate of drug-likeness (QED) is 0.0216. The maximum atomic E-state index is 13.1. The molecule has 374 valence electrons. The third-order valence-corrected chi connectivity index (χ3v) is 12.3. The Labute approximate surface area is 389 Å². The van der Waals surface area contributed by atoms with Gasteiger partial charge in [-0.05, 0) is 83.5 Å². The molecule has 9 unspecified atom stereocenters. The molecule has 0 aromatic rings. The summed E-state index contributed by atoms with van der Waals surface area (Å²) in [7, 11) is 0. The summed E-state index contributed by atoms with van der Waals surface area (Å²) in [5.74, 6) is -0.718. The van der Waals surface area contributed by atoms with Crippen molar-refractivity contribution < 1.29 is 50.0 Å². The van der Waals surface area contributed by atoms with E-state index in [0.717, 1.165) is 70.6 Å². The summed E-state index contributed by atoms with van der Waals surface area (Å²) in [6.45, 7) is 3.38. The van der Waals surface area contributed by atoms with Gasteiger partial charge in [0.25, 0.3) is 0 Å². The lowest BCUT2D eigenvalue weighted by atomic mass is 9.98.